The first-order valence-corrected chi connectivity index (χ1v) is 7.23. The number of nitriles is 1. The highest BCUT2D eigenvalue weighted by molar-refractivity contribution is 9.11. The summed E-state index contributed by atoms with van der Waals surface area (Å²) < 4.78 is 39.3. The lowest BCUT2D eigenvalue weighted by Gasteiger charge is -2.13. The number of benzene rings is 2. The van der Waals surface area contributed by atoms with E-state index in [9.17, 15) is 13.2 Å². The predicted octanol–water partition coefficient (Wildman–Crippen LogP) is 5.85. The molecule has 0 heterocycles. The molecule has 0 saturated heterocycles. The lowest BCUT2D eigenvalue weighted by atomic mass is 10.1. The van der Waals surface area contributed by atoms with Gasteiger partial charge in [-0.2, -0.15) is 18.4 Å². The summed E-state index contributed by atoms with van der Waals surface area (Å²) in [6.07, 6.45) is -4.40. The van der Waals surface area contributed by atoms with Gasteiger partial charge in [0.2, 0.25) is 0 Å². The van der Waals surface area contributed by atoms with Gasteiger partial charge in [0.15, 0.2) is 0 Å². The van der Waals surface area contributed by atoms with Gasteiger partial charge in [0, 0.05) is 8.95 Å². The Morgan fingerprint density at radius 1 is 0.952 bits per heavy atom. The average molecular weight is 420 g/mol. The van der Waals surface area contributed by atoms with Crippen molar-refractivity contribution in [1.29, 1.82) is 5.26 Å². The number of nitrogens with zero attached hydrogens (tertiary/aromatic N) is 1. The molecule has 0 atom stereocenters. The largest absolute Gasteiger partial charge is 0.416 e. The molecule has 21 heavy (non-hydrogen) atoms. The fraction of sp³-hybridized carbons (Fsp3) is 0.0714. The van der Waals surface area contributed by atoms with E-state index in [0.717, 1.165) is 12.1 Å². The number of nitrogens with one attached hydrogen (secondary N) is 1. The average Bonchev–Trinajstić information content (AvgIpc) is 2.42. The zero-order valence-corrected chi connectivity index (χ0v) is 13.5. The van der Waals surface area contributed by atoms with Crippen molar-refractivity contribution in [3.05, 3.63) is 56.5 Å². The van der Waals surface area contributed by atoms with Crippen LogP contribution < -0.4 is 5.32 Å². The first-order valence-electron chi connectivity index (χ1n) is 5.64. The molecule has 0 aliphatic rings. The maximum atomic E-state index is 12.7. The van der Waals surface area contributed by atoms with E-state index in [-0.39, 0.29) is 5.69 Å². The van der Waals surface area contributed by atoms with Crippen LogP contribution in [0, 0.1) is 11.3 Å². The van der Waals surface area contributed by atoms with Crippen molar-refractivity contribution in [3.63, 3.8) is 0 Å². The lowest BCUT2D eigenvalue weighted by molar-refractivity contribution is -0.137. The van der Waals surface area contributed by atoms with Crippen LogP contribution in [0.2, 0.25) is 0 Å². The normalized spacial score (nSPS) is 11.0. The van der Waals surface area contributed by atoms with Crippen LogP contribution in [0.3, 0.4) is 0 Å². The molecule has 1 N–H and O–H groups in total. The van der Waals surface area contributed by atoms with Gasteiger partial charge in [-0.05, 0) is 68.3 Å². The van der Waals surface area contributed by atoms with Gasteiger partial charge in [0.1, 0.15) is 0 Å². The summed E-state index contributed by atoms with van der Waals surface area (Å²) in [5.74, 6) is 0. The molecular formula is C14H7Br2F3N2. The molecular weight excluding hydrogens is 413 g/mol. The van der Waals surface area contributed by atoms with Crippen LogP contribution in [0.4, 0.5) is 24.5 Å². The minimum atomic E-state index is -4.40. The minimum absolute atomic E-state index is 0.287. The van der Waals surface area contributed by atoms with Crippen molar-refractivity contribution in [2.75, 3.05) is 5.32 Å². The Hall–Kier alpha value is -1.52. The maximum absolute atomic E-state index is 12.7. The van der Waals surface area contributed by atoms with Crippen LogP contribution in [0.5, 0.6) is 0 Å². The summed E-state index contributed by atoms with van der Waals surface area (Å²) in [4.78, 5) is 0. The second kappa shape index (κ2) is 6.08. The van der Waals surface area contributed by atoms with Crippen LogP contribution in [0.25, 0.3) is 0 Å². The van der Waals surface area contributed by atoms with Crippen LogP contribution >= 0.6 is 31.9 Å². The smallest absolute Gasteiger partial charge is 0.354 e. The summed E-state index contributed by atoms with van der Waals surface area (Å²) in [6.45, 7) is 0. The van der Waals surface area contributed by atoms with Crippen LogP contribution in [0.15, 0.2) is 45.3 Å². The summed E-state index contributed by atoms with van der Waals surface area (Å²) in [6, 6.07) is 10.1. The molecule has 2 aromatic rings. The van der Waals surface area contributed by atoms with Gasteiger partial charge in [-0.25, -0.2) is 0 Å². The number of rotatable bonds is 2. The maximum Gasteiger partial charge on any atom is 0.416 e. The molecule has 0 fully saturated rings. The molecule has 2 aromatic carbocycles. The van der Waals surface area contributed by atoms with Crippen LogP contribution in [0.1, 0.15) is 11.1 Å². The third-order valence-electron chi connectivity index (χ3n) is 2.66. The predicted molar refractivity (Wildman–Crippen MR) is 81.3 cm³/mol. The van der Waals surface area contributed by atoms with Gasteiger partial charge in [-0.1, -0.05) is 0 Å². The number of alkyl halides is 3. The molecule has 0 aromatic heterocycles. The molecule has 0 spiro atoms. The van der Waals surface area contributed by atoms with Crippen molar-refractivity contribution < 1.29 is 13.2 Å². The Labute approximate surface area is 135 Å². The Kier molecular flexibility index (Phi) is 4.59. The highest BCUT2D eigenvalue weighted by Crippen LogP contribution is 2.36. The molecule has 2 nitrogen and oxygen atoms in total. The van der Waals surface area contributed by atoms with E-state index in [1.807, 2.05) is 6.07 Å². The molecule has 0 unspecified atom stereocenters. The highest BCUT2D eigenvalue weighted by atomic mass is 79.9. The van der Waals surface area contributed by atoms with E-state index in [1.165, 1.54) is 6.07 Å². The molecule has 2 rings (SSSR count). The highest BCUT2D eigenvalue weighted by Gasteiger charge is 2.30. The van der Waals surface area contributed by atoms with E-state index in [2.05, 4.69) is 37.2 Å². The monoisotopic (exact) mass is 418 g/mol. The molecule has 0 amide bonds. The van der Waals surface area contributed by atoms with Gasteiger partial charge in [-0.3, -0.25) is 0 Å². The lowest BCUT2D eigenvalue weighted by Crippen LogP contribution is -2.05. The third kappa shape index (κ3) is 3.77. The summed E-state index contributed by atoms with van der Waals surface area (Å²) >= 11 is 6.49. The minimum Gasteiger partial charge on any atom is -0.354 e. The van der Waals surface area contributed by atoms with Gasteiger partial charge >= 0.3 is 6.18 Å². The van der Waals surface area contributed by atoms with Crippen molar-refractivity contribution >= 4 is 43.2 Å². The van der Waals surface area contributed by atoms with E-state index >= 15 is 0 Å². The van der Waals surface area contributed by atoms with E-state index in [0.29, 0.717) is 20.2 Å². The zero-order chi connectivity index (χ0) is 15.6. The first-order chi connectivity index (χ1) is 9.81. The third-order valence-corrected chi connectivity index (χ3v) is 4.01. The SMILES string of the molecule is N#Cc1ccc(Nc2cc(C(F)(F)F)ccc2Br)c(Br)c1. The molecule has 0 aliphatic carbocycles. The molecule has 0 saturated carbocycles. The zero-order valence-electron chi connectivity index (χ0n) is 10.3. The quantitative estimate of drug-likeness (QED) is 0.663. The Morgan fingerprint density at radius 3 is 2.24 bits per heavy atom. The van der Waals surface area contributed by atoms with Crippen LogP contribution in [-0.2, 0) is 6.18 Å². The van der Waals surface area contributed by atoms with Gasteiger partial charge < -0.3 is 5.32 Å². The fourth-order valence-electron chi connectivity index (χ4n) is 1.63. The Morgan fingerprint density at radius 2 is 1.67 bits per heavy atom. The number of hydrogen-bond donors (Lipinski definition) is 1. The van der Waals surface area contributed by atoms with Gasteiger partial charge in [0.05, 0.1) is 28.6 Å². The number of halogens is 5. The fourth-order valence-corrected chi connectivity index (χ4v) is 2.45. The molecule has 0 aliphatic heterocycles. The summed E-state index contributed by atoms with van der Waals surface area (Å²) in [7, 11) is 0. The Balaban J connectivity index is 2.38. The topological polar surface area (TPSA) is 35.8 Å². The van der Waals surface area contributed by atoms with Crippen molar-refractivity contribution in [3.8, 4) is 6.07 Å². The van der Waals surface area contributed by atoms with E-state index in [1.54, 1.807) is 18.2 Å². The van der Waals surface area contributed by atoms with Gasteiger partial charge in [-0.15, -0.1) is 0 Å². The van der Waals surface area contributed by atoms with Gasteiger partial charge in [0.25, 0.3) is 0 Å². The number of anilines is 2. The summed E-state index contributed by atoms with van der Waals surface area (Å²) in [5.41, 5.74) is 0.567. The van der Waals surface area contributed by atoms with E-state index in [4.69, 9.17) is 5.26 Å². The molecule has 0 radical (unpaired) electrons. The van der Waals surface area contributed by atoms with Crippen LogP contribution in [-0.4, -0.2) is 0 Å². The second-order valence-electron chi connectivity index (χ2n) is 4.12. The number of hydrogen-bond acceptors (Lipinski definition) is 2. The molecule has 108 valence electrons. The second-order valence-corrected chi connectivity index (χ2v) is 5.83. The van der Waals surface area contributed by atoms with E-state index < -0.39 is 11.7 Å². The molecule has 7 heteroatoms. The summed E-state index contributed by atoms with van der Waals surface area (Å²) in [5, 5.41) is 11.7. The standard InChI is InChI=1S/C14H7Br2F3N2/c15-10-3-2-9(14(17,18)19)6-13(10)21-12-4-1-8(7-20)5-11(12)16/h1-6,21H. The van der Waals surface area contributed by atoms with Crippen molar-refractivity contribution in [2.45, 2.75) is 6.18 Å². The van der Waals surface area contributed by atoms with Crippen molar-refractivity contribution in [2.24, 2.45) is 0 Å². The van der Waals surface area contributed by atoms with Crippen molar-refractivity contribution in [1.82, 2.24) is 0 Å². The first kappa shape index (κ1) is 15.9. The molecule has 0 bridgehead atoms. The Bertz CT molecular complexity index is 721.